The van der Waals surface area contributed by atoms with Gasteiger partial charge in [0.25, 0.3) is 0 Å². The molecule has 0 atom stereocenters. The summed E-state index contributed by atoms with van der Waals surface area (Å²) in [6, 6.07) is 14.2. The topological polar surface area (TPSA) is 41.7 Å². The van der Waals surface area contributed by atoms with Gasteiger partial charge in [0.15, 0.2) is 5.84 Å². The highest BCUT2D eigenvalue weighted by Crippen LogP contribution is 2.28. The summed E-state index contributed by atoms with van der Waals surface area (Å²) in [6.45, 7) is -2.56. The SMILES string of the molecule is [2H][13C]([2H])([2H])N(C)C1=Nc2ccc(Cl)cc2C(c2ccccc2)=[N+]([O-])C1. The summed E-state index contributed by atoms with van der Waals surface area (Å²) in [5.74, 6) is 0.171. The van der Waals surface area contributed by atoms with Crippen molar-refractivity contribution in [1.29, 1.82) is 0 Å². The molecule has 1 aliphatic heterocycles. The molecule has 2 aromatic rings. The molecule has 0 N–H and O–H groups in total. The lowest BCUT2D eigenvalue weighted by atomic mass is 10.0. The van der Waals surface area contributed by atoms with Crippen LogP contribution in [0.5, 0.6) is 0 Å². The highest BCUT2D eigenvalue weighted by molar-refractivity contribution is 6.31. The van der Waals surface area contributed by atoms with Gasteiger partial charge in [-0.25, -0.2) is 4.99 Å². The van der Waals surface area contributed by atoms with E-state index in [0.29, 0.717) is 27.5 Å². The number of benzene rings is 2. The molecule has 1 aliphatic rings. The second kappa shape index (κ2) is 5.81. The van der Waals surface area contributed by atoms with Crippen LogP contribution in [0.3, 0.4) is 0 Å². The van der Waals surface area contributed by atoms with Crippen LogP contribution in [0.4, 0.5) is 5.69 Å². The van der Waals surface area contributed by atoms with Gasteiger partial charge in [0.2, 0.25) is 12.3 Å². The van der Waals surface area contributed by atoms with Gasteiger partial charge in [-0.15, -0.1) is 0 Å². The maximum Gasteiger partial charge on any atom is 0.228 e. The summed E-state index contributed by atoms with van der Waals surface area (Å²) in [5, 5.41) is 13.4. The molecule has 1 heterocycles. The van der Waals surface area contributed by atoms with Crippen molar-refractivity contribution < 1.29 is 8.85 Å². The Bertz CT molecular complexity index is 863. The first-order valence-corrected chi connectivity index (χ1v) is 7.13. The van der Waals surface area contributed by atoms with Crippen LogP contribution >= 0.6 is 11.6 Å². The van der Waals surface area contributed by atoms with Crippen LogP contribution in [0.2, 0.25) is 5.02 Å². The van der Waals surface area contributed by atoms with Gasteiger partial charge in [-0.2, -0.15) is 4.74 Å². The maximum absolute atomic E-state index is 12.9. The second-order valence-corrected chi connectivity index (χ2v) is 5.44. The van der Waals surface area contributed by atoms with Gasteiger partial charge in [-0.05, 0) is 30.3 Å². The van der Waals surface area contributed by atoms with Gasteiger partial charge in [-0.1, -0.05) is 29.8 Å². The lowest BCUT2D eigenvalue weighted by Gasteiger charge is -2.14. The fraction of sp³-hybridized carbons (Fsp3) is 0.176. The highest BCUT2D eigenvalue weighted by Gasteiger charge is 2.25. The lowest BCUT2D eigenvalue weighted by Crippen LogP contribution is -2.31. The average molecular weight is 318 g/mol. The molecule has 0 unspecified atom stereocenters. The smallest absolute Gasteiger partial charge is 0.228 e. The number of likely N-dealkylation sites (N-methyl/N-ethyl adjacent to an activating group) is 1. The Balaban J connectivity index is 2.22. The van der Waals surface area contributed by atoms with E-state index in [-0.39, 0.29) is 12.4 Å². The summed E-state index contributed by atoms with van der Waals surface area (Å²) in [4.78, 5) is 5.48. The molecule has 2 aromatic carbocycles. The zero-order valence-corrected chi connectivity index (χ0v) is 12.7. The van der Waals surface area contributed by atoms with E-state index in [2.05, 4.69) is 4.99 Å². The van der Waals surface area contributed by atoms with E-state index >= 15 is 0 Å². The molecular formula is C17H16ClN3O. The Morgan fingerprint density at radius 3 is 2.77 bits per heavy atom. The summed E-state index contributed by atoms with van der Waals surface area (Å²) in [7, 11) is 1.41. The number of rotatable bonds is 1. The van der Waals surface area contributed by atoms with Crippen molar-refractivity contribution in [1.82, 2.24) is 4.90 Å². The summed E-state index contributed by atoms with van der Waals surface area (Å²) in [6.07, 6.45) is 0. The molecule has 0 saturated carbocycles. The molecule has 0 amide bonds. The monoisotopic (exact) mass is 317 g/mol. The number of hydroxylamine groups is 1. The van der Waals surface area contributed by atoms with Crippen molar-refractivity contribution in [2.75, 3.05) is 20.6 Å². The van der Waals surface area contributed by atoms with Crippen LogP contribution in [-0.4, -0.2) is 41.8 Å². The van der Waals surface area contributed by atoms with E-state index in [1.807, 2.05) is 30.3 Å². The van der Waals surface area contributed by atoms with Crippen LogP contribution in [-0.2, 0) is 0 Å². The molecule has 0 radical (unpaired) electrons. The first-order valence-electron chi connectivity index (χ1n) is 8.26. The van der Waals surface area contributed by atoms with E-state index in [1.165, 1.54) is 7.05 Å². The Kier molecular flexibility index (Phi) is 2.98. The van der Waals surface area contributed by atoms with Gasteiger partial charge >= 0.3 is 0 Å². The third-order valence-corrected chi connectivity index (χ3v) is 3.67. The molecule has 22 heavy (non-hydrogen) atoms. The molecule has 5 heteroatoms. The number of hydrogen-bond acceptors (Lipinski definition) is 3. The van der Waals surface area contributed by atoms with E-state index in [4.69, 9.17) is 15.7 Å². The van der Waals surface area contributed by atoms with Crippen LogP contribution in [0.15, 0.2) is 53.5 Å². The Labute approximate surface area is 138 Å². The molecule has 0 saturated heterocycles. The number of halogens is 1. The van der Waals surface area contributed by atoms with E-state index < -0.39 is 6.98 Å². The normalized spacial score (nSPS) is 16.8. The Hall–Kier alpha value is -2.33. The molecule has 0 fully saturated rings. The molecule has 0 bridgehead atoms. The number of nitrogens with zero attached hydrogens (tertiary/aromatic N) is 3. The molecule has 0 aliphatic carbocycles. The summed E-state index contributed by atoms with van der Waals surface area (Å²) >= 11 is 6.12. The molecule has 112 valence electrons. The average Bonchev–Trinajstić information content (AvgIpc) is 2.69. The van der Waals surface area contributed by atoms with Gasteiger partial charge in [0.1, 0.15) is 0 Å². The van der Waals surface area contributed by atoms with Crippen molar-refractivity contribution >= 4 is 28.8 Å². The second-order valence-electron chi connectivity index (χ2n) is 5.00. The fourth-order valence-corrected chi connectivity index (χ4v) is 2.56. The summed E-state index contributed by atoms with van der Waals surface area (Å²) in [5.41, 5.74) is 2.21. The maximum atomic E-state index is 12.9. The van der Waals surface area contributed by atoms with Crippen LogP contribution in [0, 0.1) is 5.21 Å². The predicted molar refractivity (Wildman–Crippen MR) is 90.4 cm³/mol. The van der Waals surface area contributed by atoms with E-state index in [9.17, 15) is 5.21 Å². The highest BCUT2D eigenvalue weighted by atomic mass is 35.5. The third-order valence-electron chi connectivity index (χ3n) is 3.43. The first-order chi connectivity index (χ1) is 11.8. The number of fused-ring (bicyclic) bond motifs is 1. The van der Waals surface area contributed by atoms with Crippen molar-refractivity contribution in [2.24, 2.45) is 4.99 Å². The summed E-state index contributed by atoms with van der Waals surface area (Å²) < 4.78 is 23.5. The van der Waals surface area contributed by atoms with E-state index in [0.717, 1.165) is 9.64 Å². The standard InChI is InChI=1S/C17H16ClN3O/c1-20(2)16-11-21(22)17(12-6-4-3-5-7-12)14-10-13(18)8-9-15(14)19-16/h3-10H,11H2,1-2H3/i1+1D3. The predicted octanol–water partition coefficient (Wildman–Crippen LogP) is 3.29. The van der Waals surface area contributed by atoms with Crippen LogP contribution in [0.1, 0.15) is 15.2 Å². The quantitative estimate of drug-likeness (QED) is 0.460. The van der Waals surface area contributed by atoms with Crippen molar-refractivity contribution in [3.63, 3.8) is 0 Å². The minimum atomic E-state index is -2.39. The first kappa shape index (κ1) is 11.3. The third kappa shape index (κ3) is 2.70. The Morgan fingerprint density at radius 1 is 1.27 bits per heavy atom. The van der Waals surface area contributed by atoms with Crippen LogP contribution < -0.4 is 0 Å². The van der Waals surface area contributed by atoms with Gasteiger partial charge in [0, 0.05) is 28.7 Å². The number of hydrogen-bond donors (Lipinski definition) is 0. The van der Waals surface area contributed by atoms with Crippen LogP contribution in [0.25, 0.3) is 0 Å². The largest absolute Gasteiger partial charge is 0.623 e. The minimum absolute atomic E-state index is 0.171. The molecule has 0 aromatic heterocycles. The van der Waals surface area contributed by atoms with Crippen molar-refractivity contribution in [3.8, 4) is 0 Å². The number of aliphatic imine (C=N–C) groups is 1. The number of amidine groups is 1. The van der Waals surface area contributed by atoms with Crippen molar-refractivity contribution in [3.05, 3.63) is 69.9 Å². The zero-order valence-electron chi connectivity index (χ0n) is 15.0. The Morgan fingerprint density at radius 2 is 2.05 bits per heavy atom. The van der Waals surface area contributed by atoms with Gasteiger partial charge in [0.05, 0.1) is 11.3 Å². The van der Waals surface area contributed by atoms with E-state index in [1.54, 1.807) is 18.2 Å². The van der Waals surface area contributed by atoms with Crippen molar-refractivity contribution in [2.45, 2.75) is 0 Å². The van der Waals surface area contributed by atoms with Gasteiger partial charge < -0.3 is 10.1 Å². The fourth-order valence-electron chi connectivity index (χ4n) is 2.39. The van der Waals surface area contributed by atoms with Gasteiger partial charge in [-0.3, -0.25) is 0 Å². The molecule has 3 rings (SSSR count). The molecule has 0 spiro atoms. The molecular weight excluding hydrogens is 299 g/mol. The lowest BCUT2D eigenvalue weighted by molar-refractivity contribution is -0.440. The zero-order chi connectivity index (χ0) is 18.2. The minimum Gasteiger partial charge on any atom is -0.623 e. The molecule has 4 nitrogen and oxygen atoms in total.